The van der Waals surface area contributed by atoms with Gasteiger partial charge in [0, 0.05) is 0 Å². The van der Waals surface area contributed by atoms with Gasteiger partial charge in [-0.2, -0.15) is 0 Å². The first-order chi connectivity index (χ1) is 8.97. The molecule has 0 spiro atoms. The number of furan rings is 1. The second-order valence-corrected chi connectivity index (χ2v) is 3.90. The molecule has 2 aromatic rings. The molecule has 0 saturated carbocycles. The summed E-state index contributed by atoms with van der Waals surface area (Å²) < 4.78 is 18.0. The van der Waals surface area contributed by atoms with Crippen molar-refractivity contribution in [1.29, 1.82) is 0 Å². The van der Waals surface area contributed by atoms with Gasteiger partial charge in [0.25, 0.3) is 5.91 Å². The Hall–Kier alpha value is -2.63. The Morgan fingerprint density at radius 3 is 2.63 bits per heavy atom. The van der Waals surface area contributed by atoms with Crippen molar-refractivity contribution in [2.24, 2.45) is 0 Å². The fraction of sp³-hybridized carbons (Fsp3) is 0.0769. The van der Waals surface area contributed by atoms with E-state index < -0.39 is 17.7 Å². The van der Waals surface area contributed by atoms with Crippen molar-refractivity contribution in [2.45, 2.75) is 6.92 Å². The highest BCUT2D eigenvalue weighted by molar-refractivity contribution is 6.07. The summed E-state index contributed by atoms with van der Waals surface area (Å²) in [7, 11) is 0. The predicted octanol–water partition coefficient (Wildman–Crippen LogP) is 2.68. The summed E-state index contributed by atoms with van der Waals surface area (Å²) >= 11 is 0. The fourth-order valence-corrected chi connectivity index (χ4v) is 1.56. The van der Waals surface area contributed by atoms with E-state index in [-0.39, 0.29) is 16.8 Å². The van der Waals surface area contributed by atoms with Gasteiger partial charge < -0.3 is 14.8 Å². The van der Waals surface area contributed by atoms with E-state index in [1.807, 2.05) is 0 Å². The number of benzene rings is 1. The highest BCUT2D eigenvalue weighted by Gasteiger charge is 2.15. The topological polar surface area (TPSA) is 79.5 Å². The van der Waals surface area contributed by atoms with Crippen molar-refractivity contribution < 1.29 is 23.5 Å². The molecular formula is C13H10FNO4. The maximum Gasteiger partial charge on any atom is 0.337 e. The van der Waals surface area contributed by atoms with Crippen LogP contribution in [0.3, 0.4) is 0 Å². The quantitative estimate of drug-likeness (QED) is 0.892. The number of carboxylic acids is 1. The van der Waals surface area contributed by atoms with E-state index in [0.717, 1.165) is 12.1 Å². The molecule has 6 heteroatoms. The molecular weight excluding hydrogens is 253 g/mol. The zero-order valence-electron chi connectivity index (χ0n) is 9.94. The molecule has 0 aliphatic heterocycles. The average Bonchev–Trinajstić information content (AvgIpc) is 2.78. The SMILES string of the molecule is Cc1cc(C(=O)Nc2ccc(F)cc2C(=O)O)co1. The summed E-state index contributed by atoms with van der Waals surface area (Å²) in [5.41, 5.74) is -0.0236. The molecule has 98 valence electrons. The molecule has 1 amide bonds. The van der Waals surface area contributed by atoms with Crippen molar-refractivity contribution in [3.8, 4) is 0 Å². The molecule has 0 radical (unpaired) electrons. The molecule has 1 aromatic carbocycles. The first-order valence-electron chi connectivity index (χ1n) is 5.36. The fourth-order valence-electron chi connectivity index (χ4n) is 1.56. The lowest BCUT2D eigenvalue weighted by Gasteiger charge is -2.07. The summed E-state index contributed by atoms with van der Waals surface area (Å²) in [4.78, 5) is 22.8. The molecule has 0 atom stereocenters. The number of carbonyl (C=O) groups excluding carboxylic acids is 1. The van der Waals surface area contributed by atoms with Gasteiger partial charge in [0.15, 0.2) is 0 Å². The molecule has 0 aliphatic carbocycles. The van der Waals surface area contributed by atoms with Crippen LogP contribution in [0.15, 0.2) is 34.9 Å². The molecule has 0 unspecified atom stereocenters. The maximum atomic E-state index is 13.0. The Balaban J connectivity index is 2.28. The minimum absolute atomic E-state index is 0.0257. The Bertz CT molecular complexity index is 648. The third-order valence-corrected chi connectivity index (χ3v) is 2.45. The van der Waals surface area contributed by atoms with Crippen LogP contribution in [-0.2, 0) is 0 Å². The van der Waals surface area contributed by atoms with E-state index in [9.17, 15) is 14.0 Å². The van der Waals surface area contributed by atoms with Crippen molar-refractivity contribution in [3.05, 3.63) is 53.2 Å². The van der Waals surface area contributed by atoms with Crippen molar-refractivity contribution in [3.63, 3.8) is 0 Å². The van der Waals surface area contributed by atoms with Gasteiger partial charge in [0.1, 0.15) is 17.8 Å². The minimum atomic E-state index is -1.32. The van der Waals surface area contributed by atoms with Crippen LogP contribution in [0.1, 0.15) is 26.5 Å². The molecule has 1 heterocycles. The Kier molecular flexibility index (Phi) is 3.33. The second-order valence-electron chi connectivity index (χ2n) is 3.90. The van der Waals surface area contributed by atoms with Gasteiger partial charge in [-0.05, 0) is 31.2 Å². The first-order valence-corrected chi connectivity index (χ1v) is 5.36. The smallest absolute Gasteiger partial charge is 0.337 e. The molecule has 0 bridgehead atoms. The van der Waals surface area contributed by atoms with E-state index in [0.29, 0.717) is 5.76 Å². The van der Waals surface area contributed by atoms with Gasteiger partial charge in [0.2, 0.25) is 0 Å². The number of nitrogens with one attached hydrogen (secondary N) is 1. The summed E-state index contributed by atoms with van der Waals surface area (Å²) in [6, 6.07) is 4.63. The molecule has 0 fully saturated rings. The highest BCUT2D eigenvalue weighted by Crippen LogP contribution is 2.18. The Labute approximate surface area is 107 Å². The van der Waals surface area contributed by atoms with Crippen LogP contribution in [-0.4, -0.2) is 17.0 Å². The molecule has 2 N–H and O–H groups in total. The van der Waals surface area contributed by atoms with Crippen molar-refractivity contribution in [1.82, 2.24) is 0 Å². The van der Waals surface area contributed by atoms with Gasteiger partial charge in [0.05, 0.1) is 16.8 Å². The zero-order valence-corrected chi connectivity index (χ0v) is 9.94. The molecule has 2 rings (SSSR count). The number of amides is 1. The standard InChI is InChI=1S/C13H10FNO4/c1-7-4-8(6-19-7)12(16)15-11-3-2-9(14)5-10(11)13(17)18/h2-6H,1H3,(H,15,16)(H,17,18). The molecule has 0 aliphatic rings. The predicted molar refractivity (Wildman–Crippen MR) is 64.8 cm³/mol. The van der Waals surface area contributed by atoms with Gasteiger partial charge in [-0.3, -0.25) is 4.79 Å². The normalized spacial score (nSPS) is 10.2. The largest absolute Gasteiger partial charge is 0.478 e. The van der Waals surface area contributed by atoms with Crippen LogP contribution in [0.4, 0.5) is 10.1 Å². The van der Waals surface area contributed by atoms with Crippen LogP contribution in [0.2, 0.25) is 0 Å². The highest BCUT2D eigenvalue weighted by atomic mass is 19.1. The number of carbonyl (C=O) groups is 2. The van der Waals surface area contributed by atoms with Crippen molar-refractivity contribution >= 4 is 17.6 Å². The lowest BCUT2D eigenvalue weighted by molar-refractivity contribution is 0.0697. The summed E-state index contributed by atoms with van der Waals surface area (Å²) in [6.07, 6.45) is 1.26. The maximum absolute atomic E-state index is 13.0. The number of hydrogen-bond acceptors (Lipinski definition) is 3. The van der Waals surface area contributed by atoms with Crippen LogP contribution in [0.25, 0.3) is 0 Å². The second kappa shape index (κ2) is 4.93. The zero-order chi connectivity index (χ0) is 14.0. The van der Waals surface area contributed by atoms with Gasteiger partial charge in [-0.25, -0.2) is 9.18 Å². The number of aromatic carboxylic acids is 1. The van der Waals surface area contributed by atoms with Gasteiger partial charge >= 0.3 is 5.97 Å². The van der Waals surface area contributed by atoms with E-state index >= 15 is 0 Å². The Morgan fingerprint density at radius 2 is 2.05 bits per heavy atom. The monoisotopic (exact) mass is 263 g/mol. The third kappa shape index (κ3) is 2.79. The molecule has 5 nitrogen and oxygen atoms in total. The molecule has 19 heavy (non-hydrogen) atoms. The lowest BCUT2D eigenvalue weighted by Crippen LogP contribution is -2.14. The summed E-state index contributed by atoms with van der Waals surface area (Å²) in [5, 5.41) is 11.3. The lowest BCUT2D eigenvalue weighted by atomic mass is 10.1. The summed E-state index contributed by atoms with van der Waals surface area (Å²) in [6.45, 7) is 1.68. The van der Waals surface area contributed by atoms with E-state index in [2.05, 4.69) is 5.32 Å². The van der Waals surface area contributed by atoms with E-state index in [1.165, 1.54) is 18.4 Å². The van der Waals surface area contributed by atoms with Crippen molar-refractivity contribution in [2.75, 3.05) is 5.32 Å². The van der Waals surface area contributed by atoms with Crippen LogP contribution in [0.5, 0.6) is 0 Å². The van der Waals surface area contributed by atoms with Crippen LogP contribution >= 0.6 is 0 Å². The first kappa shape index (κ1) is 12.8. The molecule has 0 saturated heterocycles. The number of aryl methyl sites for hydroxylation is 1. The number of hydrogen-bond donors (Lipinski definition) is 2. The molecule has 1 aromatic heterocycles. The van der Waals surface area contributed by atoms with Gasteiger partial charge in [-0.1, -0.05) is 0 Å². The van der Waals surface area contributed by atoms with E-state index in [4.69, 9.17) is 9.52 Å². The van der Waals surface area contributed by atoms with Crippen LogP contribution in [0, 0.1) is 12.7 Å². The number of rotatable bonds is 3. The number of halogens is 1. The average molecular weight is 263 g/mol. The number of anilines is 1. The minimum Gasteiger partial charge on any atom is -0.478 e. The van der Waals surface area contributed by atoms with E-state index in [1.54, 1.807) is 6.92 Å². The summed E-state index contributed by atoms with van der Waals surface area (Å²) in [5.74, 6) is -1.97. The third-order valence-electron chi connectivity index (χ3n) is 2.45. The Morgan fingerprint density at radius 1 is 1.32 bits per heavy atom. The number of carboxylic acid groups (broad SMARTS) is 1. The van der Waals surface area contributed by atoms with Crippen LogP contribution < -0.4 is 5.32 Å². The van der Waals surface area contributed by atoms with Gasteiger partial charge in [-0.15, -0.1) is 0 Å².